The summed E-state index contributed by atoms with van der Waals surface area (Å²) >= 11 is 3.09. The Hall–Kier alpha value is -1.39. The lowest BCUT2D eigenvalue weighted by Gasteiger charge is -2.08. The van der Waals surface area contributed by atoms with E-state index in [-0.39, 0.29) is 23.8 Å². The van der Waals surface area contributed by atoms with Crippen molar-refractivity contribution in [3.05, 3.63) is 16.7 Å². The number of anilines is 1. The fourth-order valence-electron chi connectivity index (χ4n) is 1.08. The molecule has 0 aromatic carbocycles. The molecule has 100 valence electrons. The van der Waals surface area contributed by atoms with Crippen molar-refractivity contribution in [2.45, 2.75) is 4.90 Å². The summed E-state index contributed by atoms with van der Waals surface area (Å²) in [6.07, 6.45) is 0.151. The van der Waals surface area contributed by atoms with E-state index < -0.39 is 16.1 Å². The van der Waals surface area contributed by atoms with Gasteiger partial charge in [0.1, 0.15) is 10.7 Å². The summed E-state index contributed by atoms with van der Waals surface area (Å²) in [6.45, 7) is -0.128. The number of carboxylic acid groups (broad SMARTS) is 1. The number of nitrogens with one attached hydrogen (secondary N) is 2. The summed E-state index contributed by atoms with van der Waals surface area (Å²) in [5, 5.41) is 10.3. The highest BCUT2D eigenvalue weighted by molar-refractivity contribution is 9.10. The van der Waals surface area contributed by atoms with Gasteiger partial charge in [0.05, 0.1) is 0 Å². The minimum Gasteiger partial charge on any atom is -0.465 e. The molecule has 1 aromatic rings. The first kappa shape index (κ1) is 14.7. The quantitative estimate of drug-likeness (QED) is 0.557. The molecule has 1 rings (SSSR count). The second-order valence-electron chi connectivity index (χ2n) is 3.17. The van der Waals surface area contributed by atoms with E-state index in [1.807, 2.05) is 5.32 Å². The van der Waals surface area contributed by atoms with Crippen molar-refractivity contribution >= 4 is 37.9 Å². The van der Waals surface area contributed by atoms with Crippen molar-refractivity contribution in [2.75, 3.05) is 18.8 Å². The third-order valence-electron chi connectivity index (χ3n) is 1.83. The first-order chi connectivity index (χ1) is 8.33. The van der Waals surface area contributed by atoms with Crippen LogP contribution in [-0.2, 0) is 10.0 Å². The molecule has 0 spiro atoms. The van der Waals surface area contributed by atoms with Crippen molar-refractivity contribution in [3.63, 3.8) is 0 Å². The Labute approximate surface area is 112 Å². The Bertz CT molecular complexity index is 548. The molecule has 18 heavy (non-hydrogen) atoms. The monoisotopic (exact) mass is 338 g/mol. The number of halogens is 1. The van der Waals surface area contributed by atoms with E-state index in [0.29, 0.717) is 4.47 Å². The molecule has 0 aliphatic rings. The van der Waals surface area contributed by atoms with Crippen LogP contribution in [0.25, 0.3) is 0 Å². The molecule has 5 N–H and O–H groups in total. The van der Waals surface area contributed by atoms with Crippen LogP contribution in [0.1, 0.15) is 0 Å². The third kappa shape index (κ3) is 4.13. The summed E-state index contributed by atoms with van der Waals surface area (Å²) in [6, 6.07) is 1.31. The van der Waals surface area contributed by atoms with Gasteiger partial charge >= 0.3 is 6.09 Å². The van der Waals surface area contributed by atoms with Gasteiger partial charge < -0.3 is 16.2 Å². The van der Waals surface area contributed by atoms with E-state index in [1.165, 1.54) is 12.3 Å². The van der Waals surface area contributed by atoms with Gasteiger partial charge in [0.2, 0.25) is 10.0 Å². The van der Waals surface area contributed by atoms with Crippen molar-refractivity contribution < 1.29 is 18.3 Å². The van der Waals surface area contributed by atoms with E-state index in [9.17, 15) is 13.2 Å². The van der Waals surface area contributed by atoms with Gasteiger partial charge in [-0.2, -0.15) is 0 Å². The average Bonchev–Trinajstić information content (AvgIpc) is 2.27. The number of amides is 1. The minimum atomic E-state index is -3.81. The van der Waals surface area contributed by atoms with Gasteiger partial charge in [-0.3, -0.25) is 0 Å². The maximum absolute atomic E-state index is 11.8. The number of pyridine rings is 1. The second-order valence-corrected chi connectivity index (χ2v) is 5.82. The number of aromatic nitrogens is 1. The Balaban J connectivity index is 2.74. The molecule has 0 saturated carbocycles. The molecule has 0 fully saturated rings. The van der Waals surface area contributed by atoms with Crippen LogP contribution in [-0.4, -0.2) is 37.7 Å². The first-order valence-corrected chi connectivity index (χ1v) is 6.98. The molecule has 0 radical (unpaired) electrons. The standard InChI is InChI=1S/C8H11BrN4O4S/c9-5-3-6(7(10)12-4-5)18(16,17)13-2-1-11-8(14)15/h3-4,11,13H,1-2H2,(H2,10,12)(H,14,15). The summed E-state index contributed by atoms with van der Waals surface area (Å²) in [7, 11) is -3.81. The zero-order valence-corrected chi connectivity index (χ0v) is 11.5. The molecule has 10 heteroatoms. The summed E-state index contributed by atoms with van der Waals surface area (Å²) in [5.74, 6) is -0.128. The van der Waals surface area contributed by atoms with E-state index in [1.54, 1.807) is 0 Å². The maximum Gasteiger partial charge on any atom is 0.404 e. The largest absolute Gasteiger partial charge is 0.465 e. The van der Waals surface area contributed by atoms with Crippen molar-refractivity contribution in [3.8, 4) is 0 Å². The van der Waals surface area contributed by atoms with E-state index in [0.717, 1.165) is 0 Å². The molecule has 0 unspecified atom stereocenters. The highest BCUT2D eigenvalue weighted by Gasteiger charge is 2.18. The summed E-state index contributed by atoms with van der Waals surface area (Å²) < 4.78 is 26.3. The predicted molar refractivity (Wildman–Crippen MR) is 67.6 cm³/mol. The van der Waals surface area contributed by atoms with Gasteiger partial charge in [-0.05, 0) is 22.0 Å². The molecule has 0 aliphatic heterocycles. The van der Waals surface area contributed by atoms with Crippen molar-refractivity contribution in [1.82, 2.24) is 15.0 Å². The number of rotatable bonds is 5. The zero-order chi connectivity index (χ0) is 13.8. The van der Waals surface area contributed by atoms with Crippen LogP contribution in [0.2, 0.25) is 0 Å². The normalized spacial score (nSPS) is 11.2. The van der Waals surface area contributed by atoms with Gasteiger partial charge in [0.25, 0.3) is 0 Å². The molecule has 0 bridgehead atoms. The fraction of sp³-hybridized carbons (Fsp3) is 0.250. The van der Waals surface area contributed by atoms with Gasteiger partial charge in [0.15, 0.2) is 0 Å². The molecule has 8 nitrogen and oxygen atoms in total. The zero-order valence-electron chi connectivity index (χ0n) is 9.05. The number of carbonyl (C=O) groups is 1. The van der Waals surface area contributed by atoms with E-state index >= 15 is 0 Å². The number of sulfonamides is 1. The second kappa shape index (κ2) is 5.98. The van der Waals surface area contributed by atoms with Crippen LogP contribution >= 0.6 is 15.9 Å². The Morgan fingerprint density at radius 1 is 1.50 bits per heavy atom. The van der Waals surface area contributed by atoms with Crippen LogP contribution in [0.4, 0.5) is 10.6 Å². The third-order valence-corrected chi connectivity index (χ3v) is 3.76. The number of nitrogens with zero attached hydrogens (tertiary/aromatic N) is 1. The van der Waals surface area contributed by atoms with Gasteiger partial charge in [-0.1, -0.05) is 0 Å². The molecule has 0 saturated heterocycles. The highest BCUT2D eigenvalue weighted by Crippen LogP contribution is 2.19. The van der Waals surface area contributed by atoms with Gasteiger partial charge in [-0.25, -0.2) is 22.9 Å². The van der Waals surface area contributed by atoms with E-state index in [4.69, 9.17) is 10.8 Å². The molecule has 1 aromatic heterocycles. The van der Waals surface area contributed by atoms with Crippen LogP contribution in [0.5, 0.6) is 0 Å². The summed E-state index contributed by atoms with van der Waals surface area (Å²) in [4.78, 5) is 13.7. The number of hydrogen-bond acceptors (Lipinski definition) is 5. The van der Waals surface area contributed by atoms with Gasteiger partial charge in [-0.15, -0.1) is 0 Å². The number of hydrogen-bond donors (Lipinski definition) is 4. The van der Waals surface area contributed by atoms with Crippen LogP contribution < -0.4 is 15.8 Å². The fourth-order valence-corrected chi connectivity index (χ4v) is 2.70. The first-order valence-electron chi connectivity index (χ1n) is 4.70. The lowest BCUT2D eigenvalue weighted by molar-refractivity contribution is 0.194. The number of nitrogen functional groups attached to an aromatic ring is 1. The minimum absolute atomic E-state index is 0.0457. The molecular weight excluding hydrogens is 328 g/mol. The Morgan fingerprint density at radius 2 is 2.17 bits per heavy atom. The van der Waals surface area contributed by atoms with Crippen molar-refractivity contribution in [2.24, 2.45) is 0 Å². The predicted octanol–water partition coefficient (Wildman–Crippen LogP) is -0.0278. The Kier molecular flexibility index (Phi) is 4.87. The molecule has 1 heterocycles. The number of nitrogens with two attached hydrogens (primary N) is 1. The SMILES string of the molecule is Nc1ncc(Br)cc1S(=O)(=O)NCCNC(=O)O. The average molecular weight is 339 g/mol. The maximum atomic E-state index is 11.8. The van der Waals surface area contributed by atoms with Gasteiger partial charge in [0, 0.05) is 23.8 Å². The Morgan fingerprint density at radius 3 is 2.78 bits per heavy atom. The summed E-state index contributed by atoms with van der Waals surface area (Å²) in [5.41, 5.74) is 5.47. The highest BCUT2D eigenvalue weighted by atomic mass is 79.9. The van der Waals surface area contributed by atoms with Crippen LogP contribution in [0.15, 0.2) is 21.6 Å². The lowest BCUT2D eigenvalue weighted by atomic mass is 10.5. The topological polar surface area (TPSA) is 134 Å². The lowest BCUT2D eigenvalue weighted by Crippen LogP contribution is -2.34. The molecular formula is C8H11BrN4O4S. The van der Waals surface area contributed by atoms with Crippen LogP contribution in [0, 0.1) is 0 Å². The van der Waals surface area contributed by atoms with Crippen molar-refractivity contribution in [1.29, 1.82) is 0 Å². The van der Waals surface area contributed by atoms with E-state index in [2.05, 4.69) is 25.6 Å². The molecule has 0 aliphatic carbocycles. The smallest absolute Gasteiger partial charge is 0.404 e. The molecule has 1 amide bonds. The van der Waals surface area contributed by atoms with Crippen LogP contribution in [0.3, 0.4) is 0 Å². The molecule has 0 atom stereocenters.